The van der Waals surface area contributed by atoms with Gasteiger partial charge in [-0.05, 0) is 26.0 Å². The molecule has 0 amide bonds. The Balaban J connectivity index is 2.22. The van der Waals surface area contributed by atoms with Crippen molar-refractivity contribution in [2.24, 2.45) is 0 Å². The van der Waals surface area contributed by atoms with Crippen LogP contribution in [0.15, 0.2) is 18.3 Å². The third-order valence-corrected chi connectivity index (χ3v) is 3.72. The molecule has 2 aromatic rings. The summed E-state index contributed by atoms with van der Waals surface area (Å²) in [7, 11) is 1.51. The number of methoxy groups -OCH3 is 1. The van der Waals surface area contributed by atoms with Crippen LogP contribution in [-0.4, -0.2) is 22.9 Å². The molecule has 2 rings (SSSR count). The molecule has 0 atom stereocenters. The highest BCUT2D eigenvalue weighted by Crippen LogP contribution is 2.20. The van der Waals surface area contributed by atoms with Crippen molar-refractivity contribution in [2.45, 2.75) is 20.3 Å². The zero-order valence-electron chi connectivity index (χ0n) is 10.6. The van der Waals surface area contributed by atoms with Gasteiger partial charge in [0.05, 0.1) is 24.8 Å². The van der Waals surface area contributed by atoms with Crippen molar-refractivity contribution in [3.8, 4) is 5.88 Å². The average molecular weight is 262 g/mol. The first-order chi connectivity index (χ1) is 8.61. The third kappa shape index (κ3) is 2.56. The summed E-state index contributed by atoms with van der Waals surface area (Å²) in [6.45, 7) is 3.95. The van der Waals surface area contributed by atoms with Crippen LogP contribution in [0.3, 0.4) is 0 Å². The lowest BCUT2D eigenvalue weighted by atomic mass is 10.1. The van der Waals surface area contributed by atoms with Crippen molar-refractivity contribution in [2.75, 3.05) is 7.11 Å². The molecular formula is C13H14N2O2S. The SMILES string of the molecule is COc1ncccc1C(=O)Cc1nc(C)c(C)s1. The summed E-state index contributed by atoms with van der Waals surface area (Å²) >= 11 is 1.56. The van der Waals surface area contributed by atoms with Crippen LogP contribution in [0.4, 0.5) is 0 Å². The summed E-state index contributed by atoms with van der Waals surface area (Å²) < 4.78 is 5.08. The molecule has 0 aliphatic heterocycles. The highest BCUT2D eigenvalue weighted by atomic mass is 32.1. The molecule has 18 heavy (non-hydrogen) atoms. The van der Waals surface area contributed by atoms with Gasteiger partial charge in [0, 0.05) is 11.1 Å². The fourth-order valence-corrected chi connectivity index (χ4v) is 2.55. The lowest BCUT2D eigenvalue weighted by molar-refractivity contribution is 0.0989. The molecule has 5 heteroatoms. The van der Waals surface area contributed by atoms with Crippen molar-refractivity contribution >= 4 is 17.1 Å². The van der Waals surface area contributed by atoms with Crippen molar-refractivity contribution in [1.29, 1.82) is 0 Å². The minimum absolute atomic E-state index is 0.0197. The molecule has 94 valence electrons. The van der Waals surface area contributed by atoms with E-state index in [9.17, 15) is 4.79 Å². The van der Waals surface area contributed by atoms with E-state index >= 15 is 0 Å². The predicted molar refractivity (Wildman–Crippen MR) is 70.4 cm³/mol. The Labute approximate surface area is 110 Å². The summed E-state index contributed by atoms with van der Waals surface area (Å²) in [6, 6.07) is 3.45. The number of carbonyl (C=O) groups is 1. The topological polar surface area (TPSA) is 52.1 Å². The predicted octanol–water partition coefficient (Wildman–Crippen LogP) is 2.59. The zero-order valence-corrected chi connectivity index (χ0v) is 11.4. The largest absolute Gasteiger partial charge is 0.480 e. The van der Waals surface area contributed by atoms with Crippen molar-refractivity contribution in [3.63, 3.8) is 0 Å². The number of aromatic nitrogens is 2. The first kappa shape index (κ1) is 12.7. The number of hydrogen-bond acceptors (Lipinski definition) is 5. The van der Waals surface area contributed by atoms with E-state index < -0.39 is 0 Å². The summed E-state index contributed by atoms with van der Waals surface area (Å²) in [5.41, 5.74) is 1.49. The number of ether oxygens (including phenoxy) is 1. The van der Waals surface area contributed by atoms with Crippen LogP contribution in [0, 0.1) is 13.8 Å². The van der Waals surface area contributed by atoms with Gasteiger partial charge in [0.1, 0.15) is 5.01 Å². The first-order valence-electron chi connectivity index (χ1n) is 5.57. The van der Waals surface area contributed by atoms with Crippen LogP contribution in [-0.2, 0) is 6.42 Å². The first-order valence-corrected chi connectivity index (χ1v) is 6.38. The Bertz CT molecular complexity index is 559. The van der Waals surface area contributed by atoms with E-state index in [0.29, 0.717) is 17.9 Å². The third-order valence-electron chi connectivity index (χ3n) is 2.65. The number of carbonyl (C=O) groups excluding carboxylic acids is 1. The Morgan fingerprint density at radius 3 is 2.83 bits per heavy atom. The normalized spacial score (nSPS) is 10.4. The van der Waals surface area contributed by atoms with Gasteiger partial charge < -0.3 is 4.74 Å². The molecule has 0 aliphatic rings. The fraction of sp³-hybridized carbons (Fsp3) is 0.308. The second-order valence-electron chi connectivity index (χ2n) is 3.91. The van der Waals surface area contributed by atoms with Crippen LogP contribution in [0.25, 0.3) is 0 Å². The molecule has 0 spiro atoms. The number of ketones is 1. The summed E-state index contributed by atoms with van der Waals surface area (Å²) in [5, 5.41) is 0.834. The van der Waals surface area contributed by atoms with E-state index in [-0.39, 0.29) is 5.78 Å². The number of rotatable bonds is 4. The molecule has 0 saturated carbocycles. The van der Waals surface area contributed by atoms with Crippen LogP contribution < -0.4 is 4.74 Å². The van der Waals surface area contributed by atoms with Gasteiger partial charge in [-0.1, -0.05) is 0 Å². The maximum atomic E-state index is 12.2. The number of nitrogens with zero attached hydrogens (tertiary/aromatic N) is 2. The maximum absolute atomic E-state index is 12.2. The van der Waals surface area contributed by atoms with Gasteiger partial charge in [0.15, 0.2) is 5.78 Å². The molecule has 0 fully saturated rings. The number of aryl methyl sites for hydroxylation is 2. The number of hydrogen-bond donors (Lipinski definition) is 0. The highest BCUT2D eigenvalue weighted by Gasteiger charge is 2.15. The van der Waals surface area contributed by atoms with Gasteiger partial charge in [-0.25, -0.2) is 9.97 Å². The number of pyridine rings is 1. The van der Waals surface area contributed by atoms with Gasteiger partial charge in [-0.15, -0.1) is 11.3 Å². The van der Waals surface area contributed by atoms with Crippen LogP contribution in [0.2, 0.25) is 0 Å². The van der Waals surface area contributed by atoms with Gasteiger partial charge in [0.25, 0.3) is 0 Å². The molecule has 0 radical (unpaired) electrons. The molecule has 2 aromatic heterocycles. The monoisotopic (exact) mass is 262 g/mol. The highest BCUT2D eigenvalue weighted by molar-refractivity contribution is 7.11. The van der Waals surface area contributed by atoms with Gasteiger partial charge in [-0.2, -0.15) is 0 Å². The molecule has 0 saturated heterocycles. The smallest absolute Gasteiger partial charge is 0.224 e. The second-order valence-corrected chi connectivity index (χ2v) is 5.20. The number of Topliss-reactive ketones (excluding diaryl/α,β-unsaturated/α-hetero) is 1. The standard InChI is InChI=1S/C13H14N2O2S/c1-8-9(2)18-12(15-8)7-11(16)10-5-4-6-14-13(10)17-3/h4-6H,7H2,1-3H3. The van der Waals surface area contributed by atoms with Crippen LogP contribution in [0.1, 0.15) is 25.9 Å². The summed E-state index contributed by atoms with van der Waals surface area (Å²) in [5.74, 6) is 0.348. The molecule has 2 heterocycles. The Morgan fingerprint density at radius 1 is 1.44 bits per heavy atom. The molecule has 0 bridgehead atoms. The van der Waals surface area contributed by atoms with Gasteiger partial charge in [0.2, 0.25) is 5.88 Å². The fourth-order valence-electron chi connectivity index (χ4n) is 1.61. The van der Waals surface area contributed by atoms with Crippen molar-refractivity contribution in [3.05, 3.63) is 39.5 Å². The van der Waals surface area contributed by atoms with Crippen molar-refractivity contribution in [1.82, 2.24) is 9.97 Å². The van der Waals surface area contributed by atoms with E-state index in [0.717, 1.165) is 15.6 Å². The second kappa shape index (κ2) is 5.27. The zero-order chi connectivity index (χ0) is 13.1. The maximum Gasteiger partial charge on any atom is 0.224 e. The lowest BCUT2D eigenvalue weighted by Crippen LogP contribution is -2.06. The van der Waals surface area contributed by atoms with Crippen molar-refractivity contribution < 1.29 is 9.53 Å². The van der Waals surface area contributed by atoms with E-state index in [1.165, 1.54) is 7.11 Å². The Kier molecular flexibility index (Phi) is 3.72. The van der Waals surface area contributed by atoms with Crippen LogP contribution >= 0.6 is 11.3 Å². The van der Waals surface area contributed by atoms with E-state index in [1.807, 2.05) is 13.8 Å². The quantitative estimate of drug-likeness (QED) is 0.795. The van der Waals surface area contributed by atoms with Gasteiger partial charge >= 0.3 is 0 Å². The minimum Gasteiger partial charge on any atom is -0.480 e. The molecule has 4 nitrogen and oxygen atoms in total. The lowest BCUT2D eigenvalue weighted by Gasteiger charge is -2.04. The minimum atomic E-state index is -0.0197. The van der Waals surface area contributed by atoms with E-state index in [2.05, 4.69) is 9.97 Å². The molecule has 0 aromatic carbocycles. The molecule has 0 unspecified atom stereocenters. The Hall–Kier alpha value is -1.75. The van der Waals surface area contributed by atoms with E-state index in [4.69, 9.17) is 4.74 Å². The number of thiazole rings is 1. The molecule has 0 aliphatic carbocycles. The van der Waals surface area contributed by atoms with Gasteiger partial charge in [-0.3, -0.25) is 4.79 Å². The summed E-state index contributed by atoms with van der Waals surface area (Å²) in [6.07, 6.45) is 1.90. The van der Waals surface area contributed by atoms with E-state index in [1.54, 1.807) is 29.7 Å². The Morgan fingerprint density at radius 2 is 2.22 bits per heavy atom. The summed E-state index contributed by atoms with van der Waals surface area (Å²) in [4.78, 5) is 21.7. The average Bonchev–Trinajstić information content (AvgIpc) is 2.68. The molecular weight excluding hydrogens is 248 g/mol. The molecule has 0 N–H and O–H groups in total. The van der Waals surface area contributed by atoms with Crippen LogP contribution in [0.5, 0.6) is 5.88 Å².